The molecule has 7 heteroatoms. The highest BCUT2D eigenvalue weighted by molar-refractivity contribution is 6.22. The predicted octanol–water partition coefficient (Wildman–Crippen LogP) is 2.72. The average Bonchev–Trinajstić information content (AvgIpc) is 3.01. The first-order chi connectivity index (χ1) is 14.9. The highest BCUT2D eigenvalue weighted by Gasteiger charge is 2.41. The molecule has 0 bridgehead atoms. The summed E-state index contributed by atoms with van der Waals surface area (Å²) in [6, 6.07) is 11.7. The SMILES string of the molecule is Cc1ccc2c(c1)C(=O)N(C(C)C(=O)OCC(=O)NC1CCCc3ccccc31)C2=O. The summed E-state index contributed by atoms with van der Waals surface area (Å²) in [7, 11) is 0. The summed E-state index contributed by atoms with van der Waals surface area (Å²) < 4.78 is 5.13. The third kappa shape index (κ3) is 3.95. The number of esters is 1. The molecule has 1 N–H and O–H groups in total. The van der Waals surface area contributed by atoms with Crippen LogP contribution in [0.5, 0.6) is 0 Å². The first kappa shape index (κ1) is 20.8. The number of amides is 3. The van der Waals surface area contributed by atoms with Gasteiger partial charge >= 0.3 is 5.97 Å². The molecule has 2 unspecified atom stereocenters. The molecule has 0 fully saturated rings. The van der Waals surface area contributed by atoms with E-state index in [9.17, 15) is 19.2 Å². The third-order valence-electron chi connectivity index (χ3n) is 5.85. The van der Waals surface area contributed by atoms with Crippen molar-refractivity contribution < 1.29 is 23.9 Å². The third-order valence-corrected chi connectivity index (χ3v) is 5.85. The van der Waals surface area contributed by atoms with Gasteiger partial charge in [0.15, 0.2) is 6.61 Å². The van der Waals surface area contributed by atoms with Crippen molar-refractivity contribution in [1.29, 1.82) is 0 Å². The number of carbonyl (C=O) groups excluding carboxylic acids is 4. The van der Waals surface area contributed by atoms with Crippen molar-refractivity contribution >= 4 is 23.7 Å². The molecule has 1 aliphatic heterocycles. The summed E-state index contributed by atoms with van der Waals surface area (Å²) in [6.07, 6.45) is 2.77. The summed E-state index contributed by atoms with van der Waals surface area (Å²) in [6.45, 7) is 2.78. The van der Waals surface area contributed by atoms with E-state index in [0.717, 1.165) is 35.3 Å². The lowest BCUT2D eigenvalue weighted by molar-refractivity contribution is -0.152. The number of hydrogen-bond donors (Lipinski definition) is 1. The number of ether oxygens (including phenoxy) is 1. The number of benzene rings is 2. The second kappa shape index (κ2) is 8.34. The second-order valence-corrected chi connectivity index (χ2v) is 8.02. The van der Waals surface area contributed by atoms with Crippen LogP contribution in [-0.4, -0.2) is 41.2 Å². The largest absolute Gasteiger partial charge is 0.454 e. The Bertz CT molecular complexity index is 1080. The van der Waals surface area contributed by atoms with Crippen LogP contribution >= 0.6 is 0 Å². The smallest absolute Gasteiger partial charge is 0.329 e. The Balaban J connectivity index is 1.36. The first-order valence-electron chi connectivity index (χ1n) is 10.4. The van der Waals surface area contributed by atoms with E-state index in [1.54, 1.807) is 18.2 Å². The Labute approximate surface area is 180 Å². The lowest BCUT2D eigenvalue weighted by atomic mass is 9.88. The van der Waals surface area contributed by atoms with E-state index in [1.165, 1.54) is 12.5 Å². The Morgan fingerprint density at radius 1 is 1.13 bits per heavy atom. The number of imide groups is 1. The molecule has 1 aliphatic carbocycles. The highest BCUT2D eigenvalue weighted by Crippen LogP contribution is 2.29. The van der Waals surface area contributed by atoms with Crippen molar-refractivity contribution in [3.05, 3.63) is 70.3 Å². The van der Waals surface area contributed by atoms with Crippen LogP contribution in [-0.2, 0) is 20.7 Å². The molecule has 4 rings (SSSR count). The van der Waals surface area contributed by atoms with Gasteiger partial charge in [-0.3, -0.25) is 19.3 Å². The van der Waals surface area contributed by atoms with Crippen LogP contribution < -0.4 is 5.32 Å². The van der Waals surface area contributed by atoms with Crippen LogP contribution in [0.3, 0.4) is 0 Å². The van der Waals surface area contributed by atoms with Gasteiger partial charge in [-0.15, -0.1) is 0 Å². The molecular formula is C24H24N2O5. The van der Waals surface area contributed by atoms with Crippen LogP contribution in [0.2, 0.25) is 0 Å². The fourth-order valence-corrected chi connectivity index (χ4v) is 4.23. The van der Waals surface area contributed by atoms with E-state index >= 15 is 0 Å². The number of rotatable bonds is 5. The van der Waals surface area contributed by atoms with Crippen molar-refractivity contribution in [2.45, 2.75) is 45.2 Å². The molecule has 2 aliphatic rings. The Morgan fingerprint density at radius 3 is 2.68 bits per heavy atom. The quantitative estimate of drug-likeness (QED) is 0.593. The van der Waals surface area contributed by atoms with Crippen LogP contribution in [0.1, 0.15) is 63.2 Å². The van der Waals surface area contributed by atoms with Gasteiger partial charge in [-0.05, 0) is 56.4 Å². The zero-order chi connectivity index (χ0) is 22.1. The minimum Gasteiger partial charge on any atom is -0.454 e. The molecule has 0 radical (unpaired) electrons. The van der Waals surface area contributed by atoms with Crippen molar-refractivity contribution in [2.24, 2.45) is 0 Å². The van der Waals surface area contributed by atoms with E-state index in [4.69, 9.17) is 4.74 Å². The number of nitrogens with one attached hydrogen (secondary N) is 1. The van der Waals surface area contributed by atoms with Crippen molar-refractivity contribution in [3.63, 3.8) is 0 Å². The molecule has 2 aromatic rings. The molecule has 0 saturated heterocycles. The van der Waals surface area contributed by atoms with E-state index in [2.05, 4.69) is 11.4 Å². The molecule has 0 saturated carbocycles. The number of nitrogens with zero attached hydrogens (tertiary/aromatic N) is 1. The van der Waals surface area contributed by atoms with Gasteiger partial charge in [-0.1, -0.05) is 35.9 Å². The summed E-state index contributed by atoms with van der Waals surface area (Å²) in [5.41, 5.74) is 3.69. The Morgan fingerprint density at radius 2 is 1.87 bits per heavy atom. The average molecular weight is 420 g/mol. The molecule has 0 spiro atoms. The molecule has 1 heterocycles. The predicted molar refractivity (Wildman–Crippen MR) is 112 cm³/mol. The number of fused-ring (bicyclic) bond motifs is 2. The van der Waals surface area contributed by atoms with Gasteiger partial charge in [0, 0.05) is 0 Å². The lowest BCUT2D eigenvalue weighted by Crippen LogP contribution is -2.44. The fraction of sp³-hybridized carbons (Fsp3) is 0.333. The first-order valence-corrected chi connectivity index (χ1v) is 10.4. The zero-order valence-electron chi connectivity index (χ0n) is 17.5. The molecule has 2 aromatic carbocycles. The molecular weight excluding hydrogens is 396 g/mol. The van der Waals surface area contributed by atoms with E-state index in [0.29, 0.717) is 0 Å². The van der Waals surface area contributed by atoms with Gasteiger partial charge < -0.3 is 10.1 Å². The minimum atomic E-state index is -1.13. The maximum atomic E-state index is 12.6. The summed E-state index contributed by atoms with van der Waals surface area (Å²) >= 11 is 0. The second-order valence-electron chi connectivity index (χ2n) is 8.02. The van der Waals surface area contributed by atoms with Gasteiger partial charge in [0.25, 0.3) is 17.7 Å². The standard InChI is InChI=1S/C24H24N2O5/c1-14-10-11-18-19(12-14)23(29)26(22(18)28)15(2)24(30)31-13-21(27)25-20-9-5-7-16-6-3-4-8-17(16)20/h3-4,6,8,10-12,15,20H,5,7,9,13H2,1-2H3,(H,25,27). The zero-order valence-corrected chi connectivity index (χ0v) is 17.5. The Hall–Kier alpha value is -3.48. The topological polar surface area (TPSA) is 92.8 Å². The van der Waals surface area contributed by atoms with E-state index < -0.39 is 36.3 Å². The van der Waals surface area contributed by atoms with Gasteiger partial charge in [-0.25, -0.2) is 4.79 Å². The van der Waals surface area contributed by atoms with Crippen molar-refractivity contribution in [1.82, 2.24) is 10.2 Å². The summed E-state index contributed by atoms with van der Waals surface area (Å²) in [4.78, 5) is 51.0. The van der Waals surface area contributed by atoms with Gasteiger partial charge in [0.1, 0.15) is 6.04 Å². The van der Waals surface area contributed by atoms with Crippen LogP contribution in [0, 0.1) is 6.92 Å². The maximum absolute atomic E-state index is 12.6. The van der Waals surface area contributed by atoms with Gasteiger partial charge in [0.2, 0.25) is 0 Å². The van der Waals surface area contributed by atoms with Crippen LogP contribution in [0.25, 0.3) is 0 Å². The maximum Gasteiger partial charge on any atom is 0.329 e. The van der Waals surface area contributed by atoms with Crippen molar-refractivity contribution in [2.75, 3.05) is 6.61 Å². The van der Waals surface area contributed by atoms with Crippen LogP contribution in [0.15, 0.2) is 42.5 Å². The summed E-state index contributed by atoms with van der Waals surface area (Å²) in [5.74, 6) is -2.28. The lowest BCUT2D eigenvalue weighted by Gasteiger charge is -2.26. The fourth-order valence-electron chi connectivity index (χ4n) is 4.23. The molecule has 7 nitrogen and oxygen atoms in total. The van der Waals surface area contributed by atoms with Gasteiger partial charge in [0.05, 0.1) is 17.2 Å². The molecule has 160 valence electrons. The van der Waals surface area contributed by atoms with Crippen molar-refractivity contribution in [3.8, 4) is 0 Å². The monoisotopic (exact) mass is 420 g/mol. The minimum absolute atomic E-state index is 0.118. The number of carbonyl (C=O) groups is 4. The number of hydrogen-bond acceptors (Lipinski definition) is 5. The number of aryl methyl sites for hydroxylation is 2. The van der Waals surface area contributed by atoms with E-state index in [1.807, 2.05) is 25.1 Å². The van der Waals surface area contributed by atoms with E-state index in [-0.39, 0.29) is 17.2 Å². The van der Waals surface area contributed by atoms with Gasteiger partial charge in [-0.2, -0.15) is 0 Å². The molecule has 31 heavy (non-hydrogen) atoms. The Kier molecular flexibility index (Phi) is 5.59. The highest BCUT2D eigenvalue weighted by atomic mass is 16.5. The molecule has 3 amide bonds. The molecule has 2 atom stereocenters. The van der Waals surface area contributed by atoms with Crippen LogP contribution in [0.4, 0.5) is 0 Å². The molecule has 0 aromatic heterocycles. The summed E-state index contributed by atoms with van der Waals surface area (Å²) in [5, 5.41) is 2.91. The normalized spacial score (nSPS) is 18.3.